The predicted octanol–water partition coefficient (Wildman–Crippen LogP) is 2.34. The minimum absolute atomic E-state index is 0.214. The number of rotatable bonds is 2. The van der Waals surface area contributed by atoms with Crippen LogP contribution in [0.1, 0.15) is 18.4 Å². The van der Waals surface area contributed by atoms with Crippen molar-refractivity contribution in [1.29, 1.82) is 0 Å². The maximum absolute atomic E-state index is 12.4. The average molecular weight is 293 g/mol. The lowest BCUT2D eigenvalue weighted by atomic mass is 9.92. The maximum Gasteiger partial charge on any atom is 0.227 e. The van der Waals surface area contributed by atoms with Crippen LogP contribution in [0.2, 0.25) is 5.02 Å². The lowest BCUT2D eigenvalue weighted by molar-refractivity contribution is -0.130. The third-order valence-electron chi connectivity index (χ3n) is 4.67. The molecule has 2 heterocycles. The van der Waals surface area contributed by atoms with Crippen molar-refractivity contribution in [2.24, 2.45) is 11.8 Å². The summed E-state index contributed by atoms with van der Waals surface area (Å²) in [7, 11) is 0. The highest BCUT2D eigenvalue weighted by Crippen LogP contribution is 2.27. The zero-order valence-corrected chi connectivity index (χ0v) is 12.4. The fraction of sp³-hybridized carbons (Fsp3) is 0.562. The van der Waals surface area contributed by atoms with Gasteiger partial charge in [-0.2, -0.15) is 0 Å². The Morgan fingerprint density at radius 3 is 2.50 bits per heavy atom. The second-order valence-electron chi connectivity index (χ2n) is 5.90. The lowest BCUT2D eigenvalue weighted by Crippen LogP contribution is -2.34. The largest absolute Gasteiger partial charge is 0.342 e. The molecule has 3 rings (SSSR count). The van der Waals surface area contributed by atoms with Gasteiger partial charge in [-0.05, 0) is 49.4 Å². The number of benzene rings is 1. The van der Waals surface area contributed by atoms with Crippen LogP contribution >= 0.6 is 11.6 Å². The molecule has 2 aliphatic heterocycles. The molecule has 108 valence electrons. The van der Waals surface area contributed by atoms with Crippen LogP contribution in [0.4, 0.5) is 0 Å². The van der Waals surface area contributed by atoms with Gasteiger partial charge in [0.15, 0.2) is 0 Å². The van der Waals surface area contributed by atoms with Gasteiger partial charge in [-0.1, -0.05) is 29.8 Å². The van der Waals surface area contributed by atoms with Crippen molar-refractivity contribution >= 4 is 17.5 Å². The van der Waals surface area contributed by atoms with Crippen LogP contribution in [0.25, 0.3) is 0 Å². The summed E-state index contributed by atoms with van der Waals surface area (Å²) in [6.45, 7) is 4.03. The van der Waals surface area contributed by atoms with E-state index in [9.17, 15) is 4.79 Å². The van der Waals surface area contributed by atoms with Gasteiger partial charge in [0.25, 0.3) is 0 Å². The molecule has 4 heteroatoms. The van der Waals surface area contributed by atoms with Crippen LogP contribution in [0.15, 0.2) is 24.3 Å². The third kappa shape index (κ3) is 2.99. The lowest BCUT2D eigenvalue weighted by Gasteiger charge is -2.21. The molecule has 0 unspecified atom stereocenters. The van der Waals surface area contributed by atoms with Gasteiger partial charge >= 0.3 is 0 Å². The summed E-state index contributed by atoms with van der Waals surface area (Å²) in [4.78, 5) is 14.5. The number of hydrogen-bond acceptors (Lipinski definition) is 2. The Hall–Kier alpha value is -1.06. The summed E-state index contributed by atoms with van der Waals surface area (Å²) in [6, 6.07) is 7.63. The van der Waals surface area contributed by atoms with E-state index in [-0.39, 0.29) is 5.91 Å². The molecule has 2 aliphatic rings. The maximum atomic E-state index is 12.4. The highest BCUT2D eigenvalue weighted by Gasteiger charge is 2.31. The molecule has 2 atom stereocenters. The molecule has 0 radical (unpaired) electrons. The van der Waals surface area contributed by atoms with Gasteiger partial charge in [0.05, 0.1) is 6.42 Å². The van der Waals surface area contributed by atoms with Gasteiger partial charge in [-0.25, -0.2) is 0 Å². The van der Waals surface area contributed by atoms with E-state index in [1.165, 1.54) is 0 Å². The smallest absolute Gasteiger partial charge is 0.227 e. The Balaban J connectivity index is 1.61. The quantitative estimate of drug-likeness (QED) is 0.907. The molecule has 1 aromatic carbocycles. The van der Waals surface area contributed by atoms with Gasteiger partial charge in [-0.3, -0.25) is 4.79 Å². The van der Waals surface area contributed by atoms with E-state index in [0.29, 0.717) is 11.4 Å². The molecule has 1 aromatic rings. The summed E-state index contributed by atoms with van der Waals surface area (Å²) >= 11 is 6.14. The number of halogens is 1. The summed E-state index contributed by atoms with van der Waals surface area (Å²) in [5.74, 6) is 1.73. The van der Waals surface area contributed by atoms with Crippen LogP contribution in [0, 0.1) is 11.8 Å². The van der Waals surface area contributed by atoms with Crippen LogP contribution in [0.3, 0.4) is 0 Å². The zero-order valence-electron chi connectivity index (χ0n) is 11.6. The molecule has 0 spiro atoms. The van der Waals surface area contributed by atoms with Crippen LogP contribution in [-0.4, -0.2) is 37.0 Å². The molecule has 0 aromatic heterocycles. The second-order valence-corrected chi connectivity index (χ2v) is 6.31. The third-order valence-corrected chi connectivity index (χ3v) is 5.04. The number of likely N-dealkylation sites (tertiary alicyclic amines) is 1. The number of fused-ring (bicyclic) bond motifs is 1. The van der Waals surface area contributed by atoms with Crippen LogP contribution < -0.4 is 5.32 Å². The summed E-state index contributed by atoms with van der Waals surface area (Å²) < 4.78 is 0. The molecule has 20 heavy (non-hydrogen) atoms. The first-order valence-electron chi connectivity index (χ1n) is 7.46. The molecule has 0 bridgehead atoms. The Morgan fingerprint density at radius 1 is 1.20 bits per heavy atom. The summed E-state index contributed by atoms with van der Waals surface area (Å²) in [5, 5.41) is 4.15. The number of amides is 1. The molecule has 2 fully saturated rings. The Labute approximate surface area is 125 Å². The molecule has 0 saturated carbocycles. The Bertz CT molecular complexity index is 477. The van der Waals surface area contributed by atoms with Crippen molar-refractivity contribution in [1.82, 2.24) is 10.2 Å². The minimum atomic E-state index is 0.214. The van der Waals surface area contributed by atoms with Crippen molar-refractivity contribution in [3.8, 4) is 0 Å². The van der Waals surface area contributed by atoms with Crippen molar-refractivity contribution in [2.45, 2.75) is 19.3 Å². The predicted molar refractivity (Wildman–Crippen MR) is 80.8 cm³/mol. The summed E-state index contributed by atoms with van der Waals surface area (Å²) in [6.07, 6.45) is 2.69. The van der Waals surface area contributed by atoms with Gasteiger partial charge < -0.3 is 10.2 Å². The van der Waals surface area contributed by atoms with E-state index in [1.807, 2.05) is 29.2 Å². The zero-order chi connectivity index (χ0) is 13.9. The highest BCUT2D eigenvalue weighted by atomic mass is 35.5. The van der Waals surface area contributed by atoms with E-state index in [1.54, 1.807) is 0 Å². The van der Waals surface area contributed by atoms with Crippen molar-refractivity contribution in [3.05, 3.63) is 34.9 Å². The second kappa shape index (κ2) is 6.15. The van der Waals surface area contributed by atoms with E-state index in [4.69, 9.17) is 11.6 Å². The standard InChI is InChI=1S/C16H21ClN2O/c17-15-4-2-1-3-12(15)9-16(20)19-7-5-13-10-18-11-14(13)6-8-19/h1-4,13-14,18H,5-11H2/t13-,14+. The Morgan fingerprint density at radius 2 is 1.85 bits per heavy atom. The van der Waals surface area contributed by atoms with Crippen molar-refractivity contribution < 1.29 is 4.79 Å². The molecular formula is C16H21ClN2O. The minimum Gasteiger partial charge on any atom is -0.342 e. The van der Waals surface area contributed by atoms with Gasteiger partial charge in [0.2, 0.25) is 5.91 Å². The van der Waals surface area contributed by atoms with E-state index in [2.05, 4.69) is 5.32 Å². The van der Waals surface area contributed by atoms with Crippen molar-refractivity contribution in [2.75, 3.05) is 26.2 Å². The average Bonchev–Trinajstić information content (AvgIpc) is 2.80. The van der Waals surface area contributed by atoms with Crippen LogP contribution in [0.5, 0.6) is 0 Å². The summed E-state index contributed by atoms with van der Waals surface area (Å²) in [5.41, 5.74) is 0.935. The number of hydrogen-bond donors (Lipinski definition) is 1. The normalized spacial score (nSPS) is 26.1. The first-order chi connectivity index (χ1) is 9.74. The van der Waals surface area contributed by atoms with Gasteiger partial charge in [-0.15, -0.1) is 0 Å². The highest BCUT2D eigenvalue weighted by molar-refractivity contribution is 6.31. The van der Waals surface area contributed by atoms with E-state index < -0.39 is 0 Å². The molecular weight excluding hydrogens is 272 g/mol. The fourth-order valence-electron chi connectivity index (χ4n) is 3.38. The number of nitrogens with one attached hydrogen (secondary N) is 1. The topological polar surface area (TPSA) is 32.3 Å². The van der Waals surface area contributed by atoms with Gasteiger partial charge in [0, 0.05) is 18.1 Å². The van der Waals surface area contributed by atoms with Crippen LogP contribution in [-0.2, 0) is 11.2 Å². The molecule has 3 nitrogen and oxygen atoms in total. The fourth-order valence-corrected chi connectivity index (χ4v) is 3.59. The number of carbonyl (C=O) groups is 1. The van der Waals surface area contributed by atoms with E-state index in [0.717, 1.165) is 56.4 Å². The first kappa shape index (κ1) is 13.9. The monoisotopic (exact) mass is 292 g/mol. The number of nitrogens with zero attached hydrogens (tertiary/aromatic N) is 1. The Kier molecular flexibility index (Phi) is 4.27. The molecule has 2 saturated heterocycles. The van der Waals surface area contributed by atoms with Crippen molar-refractivity contribution in [3.63, 3.8) is 0 Å². The molecule has 0 aliphatic carbocycles. The first-order valence-corrected chi connectivity index (χ1v) is 7.84. The van der Waals surface area contributed by atoms with E-state index >= 15 is 0 Å². The van der Waals surface area contributed by atoms with Gasteiger partial charge in [0.1, 0.15) is 0 Å². The molecule has 1 amide bonds. The molecule has 1 N–H and O–H groups in total. The number of carbonyl (C=O) groups excluding carboxylic acids is 1. The SMILES string of the molecule is O=C(Cc1ccccc1Cl)N1CC[C@@H]2CNC[C@@H]2CC1.